The first kappa shape index (κ1) is 14.8. The lowest BCUT2D eigenvalue weighted by Gasteiger charge is -2.22. The van der Waals surface area contributed by atoms with Crippen molar-refractivity contribution in [2.45, 2.75) is 19.8 Å². The van der Waals surface area contributed by atoms with E-state index in [4.69, 9.17) is 4.42 Å². The summed E-state index contributed by atoms with van der Waals surface area (Å²) in [6.45, 7) is 4.51. The lowest BCUT2D eigenvalue weighted by Crippen LogP contribution is -2.38. The molecule has 0 saturated carbocycles. The van der Waals surface area contributed by atoms with E-state index >= 15 is 0 Å². The number of amides is 1. The number of aromatic nitrogens is 1. The van der Waals surface area contributed by atoms with E-state index in [1.165, 1.54) is 6.42 Å². The SMILES string of the molecule is Cc1nc(-c2ccccc2)oc1C(=O)NCC1CCCNC1. The molecule has 5 nitrogen and oxygen atoms in total. The van der Waals surface area contributed by atoms with Gasteiger partial charge in [-0.2, -0.15) is 0 Å². The number of rotatable bonds is 4. The molecule has 2 aromatic rings. The van der Waals surface area contributed by atoms with Gasteiger partial charge in [-0.3, -0.25) is 4.79 Å². The molecule has 22 heavy (non-hydrogen) atoms. The topological polar surface area (TPSA) is 67.2 Å². The van der Waals surface area contributed by atoms with Gasteiger partial charge in [0.2, 0.25) is 11.7 Å². The molecule has 0 radical (unpaired) electrons. The smallest absolute Gasteiger partial charge is 0.289 e. The number of carbonyl (C=O) groups excluding carboxylic acids is 1. The number of oxazole rings is 1. The van der Waals surface area contributed by atoms with E-state index in [0.29, 0.717) is 29.8 Å². The molecule has 1 unspecified atom stereocenters. The van der Waals surface area contributed by atoms with Crippen molar-refractivity contribution in [2.24, 2.45) is 5.92 Å². The van der Waals surface area contributed by atoms with Gasteiger partial charge in [-0.1, -0.05) is 18.2 Å². The van der Waals surface area contributed by atoms with Gasteiger partial charge in [0.25, 0.3) is 5.91 Å². The second-order valence-corrected chi connectivity index (χ2v) is 5.72. The van der Waals surface area contributed by atoms with Crippen LogP contribution in [0.2, 0.25) is 0 Å². The second kappa shape index (κ2) is 6.75. The van der Waals surface area contributed by atoms with Gasteiger partial charge in [-0.15, -0.1) is 0 Å². The molecule has 1 aromatic heterocycles. The Labute approximate surface area is 130 Å². The largest absolute Gasteiger partial charge is 0.431 e. The zero-order valence-electron chi connectivity index (χ0n) is 12.8. The molecule has 1 aliphatic heterocycles. The van der Waals surface area contributed by atoms with Crippen LogP contribution < -0.4 is 10.6 Å². The van der Waals surface area contributed by atoms with Crippen LogP contribution in [0.1, 0.15) is 29.1 Å². The van der Waals surface area contributed by atoms with Gasteiger partial charge in [0.15, 0.2) is 0 Å². The summed E-state index contributed by atoms with van der Waals surface area (Å²) in [4.78, 5) is 16.6. The van der Waals surface area contributed by atoms with E-state index in [1.807, 2.05) is 30.3 Å². The molecule has 2 N–H and O–H groups in total. The summed E-state index contributed by atoms with van der Waals surface area (Å²) >= 11 is 0. The van der Waals surface area contributed by atoms with Crippen LogP contribution >= 0.6 is 0 Å². The van der Waals surface area contributed by atoms with E-state index in [2.05, 4.69) is 15.6 Å². The average Bonchev–Trinajstić information content (AvgIpc) is 2.96. The minimum Gasteiger partial charge on any atom is -0.431 e. The summed E-state index contributed by atoms with van der Waals surface area (Å²) in [7, 11) is 0. The van der Waals surface area contributed by atoms with Gasteiger partial charge < -0.3 is 15.1 Å². The van der Waals surface area contributed by atoms with Crippen molar-refractivity contribution in [1.82, 2.24) is 15.6 Å². The molecule has 1 fully saturated rings. The summed E-state index contributed by atoms with van der Waals surface area (Å²) in [5, 5.41) is 6.31. The second-order valence-electron chi connectivity index (χ2n) is 5.72. The maximum absolute atomic E-state index is 12.3. The molecule has 1 atom stereocenters. The summed E-state index contributed by atoms with van der Waals surface area (Å²) in [5.41, 5.74) is 1.50. The van der Waals surface area contributed by atoms with Gasteiger partial charge in [-0.05, 0) is 50.9 Å². The Hall–Kier alpha value is -2.14. The van der Waals surface area contributed by atoms with Gasteiger partial charge in [0.05, 0.1) is 5.69 Å². The van der Waals surface area contributed by atoms with Crippen LogP contribution in [0.5, 0.6) is 0 Å². The quantitative estimate of drug-likeness (QED) is 0.909. The lowest BCUT2D eigenvalue weighted by atomic mass is 10.00. The van der Waals surface area contributed by atoms with Crippen LogP contribution in [-0.2, 0) is 0 Å². The molecular weight excluding hydrogens is 278 g/mol. The van der Waals surface area contributed by atoms with Gasteiger partial charge in [-0.25, -0.2) is 4.98 Å². The molecule has 0 bridgehead atoms. The Morgan fingerprint density at radius 2 is 2.23 bits per heavy atom. The first-order valence-electron chi connectivity index (χ1n) is 7.76. The molecular formula is C17H21N3O2. The van der Waals surface area contributed by atoms with Gasteiger partial charge >= 0.3 is 0 Å². The molecule has 3 rings (SSSR count). The summed E-state index contributed by atoms with van der Waals surface area (Å²) in [6.07, 6.45) is 2.32. The molecule has 2 heterocycles. The van der Waals surface area contributed by atoms with Crippen LogP contribution in [0.15, 0.2) is 34.7 Å². The van der Waals surface area contributed by atoms with E-state index < -0.39 is 0 Å². The predicted octanol–water partition coefficient (Wildman–Crippen LogP) is 2.38. The Kier molecular flexibility index (Phi) is 4.53. The summed E-state index contributed by atoms with van der Waals surface area (Å²) in [6, 6.07) is 9.61. The lowest BCUT2D eigenvalue weighted by molar-refractivity contribution is 0.0917. The van der Waals surface area contributed by atoms with Crippen LogP contribution in [0, 0.1) is 12.8 Å². The fourth-order valence-electron chi connectivity index (χ4n) is 2.73. The summed E-state index contributed by atoms with van der Waals surface area (Å²) in [5.74, 6) is 1.11. The maximum Gasteiger partial charge on any atom is 0.289 e. The standard InChI is InChI=1S/C17H21N3O2/c1-12-15(16(21)19-11-13-6-5-9-18-10-13)22-17(20-12)14-7-3-2-4-8-14/h2-4,7-8,13,18H,5-6,9-11H2,1H3,(H,19,21). The first-order chi connectivity index (χ1) is 10.7. The Morgan fingerprint density at radius 3 is 2.95 bits per heavy atom. The molecule has 1 aliphatic rings. The fourth-order valence-corrected chi connectivity index (χ4v) is 2.73. The Bertz CT molecular complexity index is 631. The predicted molar refractivity (Wildman–Crippen MR) is 84.6 cm³/mol. The van der Waals surface area contributed by atoms with Gasteiger partial charge in [0, 0.05) is 12.1 Å². The zero-order valence-corrected chi connectivity index (χ0v) is 12.8. The van der Waals surface area contributed by atoms with Crippen LogP contribution in [0.3, 0.4) is 0 Å². The van der Waals surface area contributed by atoms with Crippen molar-refractivity contribution < 1.29 is 9.21 Å². The molecule has 1 saturated heterocycles. The highest BCUT2D eigenvalue weighted by Gasteiger charge is 2.20. The molecule has 0 aliphatic carbocycles. The van der Waals surface area contributed by atoms with Crippen molar-refractivity contribution in [2.75, 3.05) is 19.6 Å². The van der Waals surface area contributed by atoms with E-state index in [0.717, 1.165) is 25.1 Å². The van der Waals surface area contributed by atoms with Crippen LogP contribution in [0.4, 0.5) is 0 Å². The van der Waals surface area contributed by atoms with E-state index in [-0.39, 0.29) is 5.91 Å². The molecule has 1 aromatic carbocycles. The molecule has 1 amide bonds. The van der Waals surface area contributed by atoms with E-state index in [9.17, 15) is 4.79 Å². The minimum atomic E-state index is -0.183. The van der Waals surface area contributed by atoms with E-state index in [1.54, 1.807) is 6.92 Å². The highest BCUT2D eigenvalue weighted by atomic mass is 16.4. The number of benzene rings is 1. The van der Waals surface area contributed by atoms with Crippen molar-refractivity contribution in [3.63, 3.8) is 0 Å². The molecule has 116 valence electrons. The Balaban J connectivity index is 1.66. The summed E-state index contributed by atoms with van der Waals surface area (Å²) < 4.78 is 5.66. The third-order valence-corrected chi connectivity index (χ3v) is 3.97. The number of hydrogen-bond donors (Lipinski definition) is 2. The highest BCUT2D eigenvalue weighted by molar-refractivity contribution is 5.92. The third-order valence-electron chi connectivity index (χ3n) is 3.97. The number of carbonyl (C=O) groups is 1. The van der Waals surface area contributed by atoms with Crippen molar-refractivity contribution in [3.8, 4) is 11.5 Å². The van der Waals surface area contributed by atoms with Crippen molar-refractivity contribution in [3.05, 3.63) is 41.8 Å². The maximum atomic E-state index is 12.3. The number of piperidine rings is 1. The van der Waals surface area contributed by atoms with Gasteiger partial charge in [0.1, 0.15) is 0 Å². The molecule has 5 heteroatoms. The minimum absolute atomic E-state index is 0.183. The zero-order chi connectivity index (χ0) is 15.4. The normalized spacial score (nSPS) is 18.1. The average molecular weight is 299 g/mol. The monoisotopic (exact) mass is 299 g/mol. The van der Waals surface area contributed by atoms with Crippen LogP contribution in [0.25, 0.3) is 11.5 Å². The molecule has 0 spiro atoms. The number of nitrogens with zero attached hydrogens (tertiary/aromatic N) is 1. The number of hydrogen-bond acceptors (Lipinski definition) is 4. The number of aryl methyl sites for hydroxylation is 1. The Morgan fingerprint density at radius 1 is 1.41 bits per heavy atom. The third kappa shape index (κ3) is 3.36. The van der Waals surface area contributed by atoms with Crippen molar-refractivity contribution >= 4 is 5.91 Å². The number of nitrogens with one attached hydrogen (secondary N) is 2. The van der Waals surface area contributed by atoms with Crippen molar-refractivity contribution in [1.29, 1.82) is 0 Å². The van der Waals surface area contributed by atoms with Crippen LogP contribution in [-0.4, -0.2) is 30.5 Å². The fraction of sp³-hybridized carbons (Fsp3) is 0.412. The first-order valence-corrected chi connectivity index (χ1v) is 7.76. The highest BCUT2D eigenvalue weighted by Crippen LogP contribution is 2.21.